The number of fused-ring (bicyclic) bond motifs is 1. The highest BCUT2D eigenvalue weighted by atomic mass is 16.7. The van der Waals surface area contributed by atoms with E-state index in [-0.39, 0.29) is 17.0 Å². The molecule has 0 spiro atoms. The minimum Gasteiger partial charge on any atom is -0.460 e. The molecule has 3 N–H and O–H groups in total. The first-order valence-corrected chi connectivity index (χ1v) is 8.14. The van der Waals surface area contributed by atoms with Gasteiger partial charge in [0.1, 0.15) is 35.3 Å². The van der Waals surface area contributed by atoms with E-state index in [1.807, 2.05) is 0 Å². The van der Waals surface area contributed by atoms with Crippen molar-refractivity contribution in [3.8, 4) is 5.75 Å². The number of methoxy groups -OCH3 is 1. The molecule has 4 atom stereocenters. The van der Waals surface area contributed by atoms with Gasteiger partial charge in [-0.3, -0.25) is 4.79 Å². The van der Waals surface area contributed by atoms with Crippen LogP contribution in [0.5, 0.6) is 5.75 Å². The molecule has 4 unspecified atom stereocenters. The lowest BCUT2D eigenvalue weighted by Gasteiger charge is -2.46. The molecule has 1 aliphatic heterocycles. The van der Waals surface area contributed by atoms with Gasteiger partial charge < -0.3 is 34.2 Å². The van der Waals surface area contributed by atoms with Crippen molar-refractivity contribution < 1.29 is 33.6 Å². The fourth-order valence-corrected chi connectivity index (χ4v) is 3.04. The number of nitrogens with one attached hydrogen (secondary N) is 1. The van der Waals surface area contributed by atoms with Crippen LogP contribution < -0.4 is 15.7 Å². The second-order valence-corrected chi connectivity index (χ2v) is 6.61. The quantitative estimate of drug-likeness (QED) is 0.612. The number of carbonyl (C=O) groups excluding carboxylic acids is 1. The smallest absolute Gasteiger partial charge is 0.360 e. The number of amides is 1. The van der Waals surface area contributed by atoms with Gasteiger partial charge in [0.2, 0.25) is 12.7 Å². The van der Waals surface area contributed by atoms with Gasteiger partial charge in [0.05, 0.1) is 11.8 Å². The van der Waals surface area contributed by atoms with Crippen molar-refractivity contribution in [1.82, 2.24) is 4.98 Å². The standard InChI is InChI=1S/C17H20N2O8/c1-17(2)14(24-3)12(21)13(22)16(27-17)25-8-4-11-9(18-6-8)5-10(19-7-20)15(23)26-11/h4-7,12-14,16,21-22H,1-3H3,(H,19,20). The van der Waals surface area contributed by atoms with Crippen molar-refractivity contribution >= 4 is 23.2 Å². The zero-order chi connectivity index (χ0) is 19.8. The number of hydrogen-bond donors (Lipinski definition) is 3. The molecule has 1 amide bonds. The number of anilines is 1. The van der Waals surface area contributed by atoms with Crippen molar-refractivity contribution in [3.05, 3.63) is 28.7 Å². The van der Waals surface area contributed by atoms with Gasteiger partial charge in [-0.15, -0.1) is 0 Å². The summed E-state index contributed by atoms with van der Waals surface area (Å²) in [5, 5.41) is 22.8. The summed E-state index contributed by atoms with van der Waals surface area (Å²) in [6, 6.07) is 2.76. The number of hydrogen-bond acceptors (Lipinski definition) is 9. The molecule has 3 heterocycles. The van der Waals surface area contributed by atoms with Crippen molar-refractivity contribution in [2.45, 2.75) is 44.1 Å². The lowest BCUT2D eigenvalue weighted by atomic mass is 9.89. The Labute approximate surface area is 153 Å². The SMILES string of the molecule is COC1C(O)C(O)C(Oc2cnc3cc(NC=O)c(=O)oc3c2)OC1(C)C. The van der Waals surface area contributed by atoms with Crippen LogP contribution >= 0.6 is 0 Å². The molecule has 0 saturated carbocycles. The molecule has 2 aromatic heterocycles. The molecule has 2 aromatic rings. The van der Waals surface area contributed by atoms with E-state index in [1.165, 1.54) is 25.4 Å². The number of nitrogens with zero attached hydrogens (tertiary/aromatic N) is 1. The predicted octanol–water partition coefficient (Wildman–Crippen LogP) is 0.00680. The Bertz CT molecular complexity index is 896. The van der Waals surface area contributed by atoms with Crippen LogP contribution in [0.4, 0.5) is 5.69 Å². The Morgan fingerprint density at radius 2 is 2.04 bits per heavy atom. The lowest BCUT2D eigenvalue weighted by molar-refractivity contribution is -0.306. The maximum atomic E-state index is 11.8. The van der Waals surface area contributed by atoms with Crippen molar-refractivity contribution in [2.24, 2.45) is 0 Å². The van der Waals surface area contributed by atoms with Crippen LogP contribution in [0.3, 0.4) is 0 Å². The first-order valence-electron chi connectivity index (χ1n) is 8.14. The van der Waals surface area contributed by atoms with E-state index in [9.17, 15) is 19.8 Å². The average molecular weight is 380 g/mol. The van der Waals surface area contributed by atoms with Crippen molar-refractivity contribution in [1.29, 1.82) is 0 Å². The number of ether oxygens (including phenoxy) is 3. The third kappa shape index (κ3) is 3.65. The first-order chi connectivity index (χ1) is 12.8. The molecule has 146 valence electrons. The van der Waals surface area contributed by atoms with Crippen LogP contribution in [0.15, 0.2) is 27.5 Å². The van der Waals surface area contributed by atoms with Gasteiger partial charge in [-0.05, 0) is 19.9 Å². The van der Waals surface area contributed by atoms with E-state index in [0.29, 0.717) is 11.9 Å². The van der Waals surface area contributed by atoms with Crippen LogP contribution in [0.2, 0.25) is 0 Å². The number of aliphatic hydroxyl groups excluding tert-OH is 2. The maximum absolute atomic E-state index is 11.8. The molecule has 27 heavy (non-hydrogen) atoms. The fourth-order valence-electron chi connectivity index (χ4n) is 3.04. The maximum Gasteiger partial charge on any atom is 0.360 e. The number of rotatable bonds is 5. The summed E-state index contributed by atoms with van der Waals surface area (Å²) in [5.41, 5.74) is -1.28. The van der Waals surface area contributed by atoms with Crippen LogP contribution in [0, 0.1) is 0 Å². The molecule has 1 saturated heterocycles. The minimum atomic E-state index is -1.37. The number of aromatic nitrogens is 1. The fraction of sp³-hybridized carbons (Fsp3) is 0.471. The molecule has 3 rings (SSSR count). The Hall–Kier alpha value is -2.53. The Morgan fingerprint density at radius 3 is 2.70 bits per heavy atom. The summed E-state index contributed by atoms with van der Waals surface area (Å²) in [7, 11) is 1.41. The van der Waals surface area contributed by atoms with E-state index >= 15 is 0 Å². The lowest BCUT2D eigenvalue weighted by Crippen LogP contribution is -2.63. The summed E-state index contributed by atoms with van der Waals surface area (Å²) in [4.78, 5) is 26.4. The molecule has 10 heteroatoms. The van der Waals surface area contributed by atoms with E-state index in [2.05, 4.69) is 10.3 Å². The van der Waals surface area contributed by atoms with Gasteiger partial charge in [-0.1, -0.05) is 0 Å². The Balaban J connectivity index is 1.87. The van der Waals surface area contributed by atoms with E-state index < -0.39 is 35.8 Å². The highest BCUT2D eigenvalue weighted by Crippen LogP contribution is 2.32. The van der Waals surface area contributed by atoms with Gasteiger partial charge >= 0.3 is 5.63 Å². The monoisotopic (exact) mass is 380 g/mol. The molecular formula is C17H20N2O8. The largest absolute Gasteiger partial charge is 0.460 e. The highest BCUT2D eigenvalue weighted by molar-refractivity contribution is 5.80. The first kappa shape index (κ1) is 19.2. The van der Waals surface area contributed by atoms with Crippen LogP contribution in [0.1, 0.15) is 13.8 Å². The van der Waals surface area contributed by atoms with Gasteiger partial charge in [-0.25, -0.2) is 9.78 Å². The number of aliphatic hydroxyl groups is 2. The van der Waals surface area contributed by atoms with Crippen molar-refractivity contribution in [3.63, 3.8) is 0 Å². The molecule has 1 aliphatic rings. The van der Waals surface area contributed by atoms with Crippen LogP contribution in [-0.4, -0.2) is 58.9 Å². The van der Waals surface area contributed by atoms with E-state index in [1.54, 1.807) is 13.8 Å². The molecule has 0 aliphatic carbocycles. The predicted molar refractivity (Wildman–Crippen MR) is 92.4 cm³/mol. The van der Waals surface area contributed by atoms with Gasteiger partial charge in [-0.2, -0.15) is 0 Å². The summed E-state index contributed by atoms with van der Waals surface area (Å²) in [5.74, 6) is 0.157. The second-order valence-electron chi connectivity index (χ2n) is 6.61. The molecular weight excluding hydrogens is 360 g/mol. The third-order valence-corrected chi connectivity index (χ3v) is 4.32. The zero-order valence-electron chi connectivity index (χ0n) is 14.9. The summed E-state index contributed by atoms with van der Waals surface area (Å²) in [6.45, 7) is 3.40. The third-order valence-electron chi connectivity index (χ3n) is 4.32. The van der Waals surface area contributed by atoms with Gasteiger partial charge in [0.25, 0.3) is 0 Å². The Kier molecular flexibility index (Phi) is 5.16. The van der Waals surface area contributed by atoms with E-state index in [0.717, 1.165) is 0 Å². The van der Waals surface area contributed by atoms with Gasteiger partial charge in [0, 0.05) is 13.2 Å². The normalized spacial score (nSPS) is 27.3. The van der Waals surface area contributed by atoms with Crippen molar-refractivity contribution in [2.75, 3.05) is 12.4 Å². The van der Waals surface area contributed by atoms with Crippen LogP contribution in [-0.2, 0) is 14.3 Å². The number of pyridine rings is 1. The molecule has 1 fully saturated rings. The second kappa shape index (κ2) is 7.24. The summed E-state index contributed by atoms with van der Waals surface area (Å²) >= 11 is 0. The summed E-state index contributed by atoms with van der Waals surface area (Å²) < 4.78 is 21.6. The highest BCUT2D eigenvalue weighted by Gasteiger charge is 2.50. The average Bonchev–Trinajstić information content (AvgIpc) is 2.60. The van der Waals surface area contributed by atoms with E-state index in [4.69, 9.17) is 18.6 Å². The molecule has 0 bridgehead atoms. The topological polar surface area (TPSA) is 140 Å². The number of carbonyl (C=O) groups is 1. The molecule has 10 nitrogen and oxygen atoms in total. The zero-order valence-corrected chi connectivity index (χ0v) is 14.9. The summed E-state index contributed by atoms with van der Waals surface area (Å²) in [6.07, 6.45) is -2.84. The Morgan fingerprint density at radius 1 is 1.30 bits per heavy atom. The molecule has 0 radical (unpaired) electrons. The molecule has 0 aromatic carbocycles. The minimum absolute atomic E-state index is 0.0415. The van der Waals surface area contributed by atoms with Crippen LogP contribution in [0.25, 0.3) is 11.1 Å². The van der Waals surface area contributed by atoms with Gasteiger partial charge in [0.15, 0.2) is 5.58 Å².